The van der Waals surface area contributed by atoms with Crippen LogP contribution in [0.5, 0.6) is 0 Å². The molecular weight excluding hydrogens is 385 g/mol. The van der Waals surface area contributed by atoms with Gasteiger partial charge in [0.25, 0.3) is 0 Å². The highest BCUT2D eigenvalue weighted by molar-refractivity contribution is 6.02. The fraction of sp³-hybridized carbons (Fsp3) is 0.364. The minimum Gasteiger partial charge on any atom is -0.314 e. The van der Waals surface area contributed by atoms with Crippen molar-refractivity contribution in [3.05, 3.63) is 60.2 Å². The monoisotopic (exact) mass is 408 g/mol. The summed E-state index contributed by atoms with van der Waals surface area (Å²) < 4.78 is 39.3. The maximum atomic E-state index is 13.1. The van der Waals surface area contributed by atoms with Crippen molar-refractivity contribution in [2.45, 2.75) is 25.1 Å². The zero-order valence-electron chi connectivity index (χ0n) is 15.5. The summed E-state index contributed by atoms with van der Waals surface area (Å²) in [5.74, 6) is 0. The molecule has 0 unspecified atom stereocenters. The van der Waals surface area contributed by atoms with E-state index in [0.29, 0.717) is 0 Å². The molecule has 150 valence electrons. The predicted molar refractivity (Wildman–Crippen MR) is 111 cm³/mol. The summed E-state index contributed by atoms with van der Waals surface area (Å²) in [5, 5.41) is 7.58. The van der Waals surface area contributed by atoms with Gasteiger partial charge in [0.1, 0.15) is 0 Å². The lowest BCUT2D eigenvalue weighted by Gasteiger charge is -2.36. The molecular formula is C22H24ClF3N2. The van der Waals surface area contributed by atoms with Crippen LogP contribution in [0, 0.1) is 0 Å². The summed E-state index contributed by atoms with van der Waals surface area (Å²) >= 11 is 0. The minimum atomic E-state index is -4.15. The van der Waals surface area contributed by atoms with Crippen molar-refractivity contribution in [2.24, 2.45) is 0 Å². The zero-order chi connectivity index (χ0) is 18.9. The van der Waals surface area contributed by atoms with Gasteiger partial charge in [-0.3, -0.25) is 4.90 Å². The normalized spacial score (nSPS) is 16.8. The van der Waals surface area contributed by atoms with E-state index in [1.54, 1.807) is 0 Å². The molecule has 1 fully saturated rings. The van der Waals surface area contributed by atoms with Gasteiger partial charge in [0, 0.05) is 38.6 Å². The second-order valence-corrected chi connectivity index (χ2v) is 7.19. The van der Waals surface area contributed by atoms with Crippen LogP contribution in [0.3, 0.4) is 0 Å². The van der Waals surface area contributed by atoms with Gasteiger partial charge in [0.2, 0.25) is 0 Å². The van der Waals surface area contributed by atoms with E-state index < -0.39 is 12.6 Å². The van der Waals surface area contributed by atoms with Crippen molar-refractivity contribution in [3.8, 4) is 0 Å². The first kappa shape index (κ1) is 20.9. The van der Waals surface area contributed by atoms with E-state index in [0.717, 1.165) is 53.3 Å². The molecule has 1 N–H and O–H groups in total. The van der Waals surface area contributed by atoms with Gasteiger partial charge in [0.15, 0.2) is 0 Å². The number of rotatable bonds is 4. The van der Waals surface area contributed by atoms with E-state index in [1.807, 2.05) is 48.5 Å². The molecule has 1 aliphatic rings. The van der Waals surface area contributed by atoms with Crippen LogP contribution in [-0.4, -0.2) is 37.3 Å². The number of alkyl halides is 3. The molecule has 3 aromatic carbocycles. The van der Waals surface area contributed by atoms with E-state index in [4.69, 9.17) is 0 Å². The first-order valence-corrected chi connectivity index (χ1v) is 9.45. The highest BCUT2D eigenvalue weighted by Crippen LogP contribution is 2.39. The van der Waals surface area contributed by atoms with Crippen LogP contribution in [0.15, 0.2) is 54.6 Å². The Morgan fingerprint density at radius 1 is 0.893 bits per heavy atom. The number of hydrogen-bond donors (Lipinski definition) is 1. The summed E-state index contributed by atoms with van der Waals surface area (Å²) in [5.41, 5.74) is 1.04. The summed E-state index contributed by atoms with van der Waals surface area (Å²) in [6.07, 6.45) is -4.83. The Bertz CT molecular complexity index is 882. The third-order valence-electron chi connectivity index (χ3n) is 5.44. The van der Waals surface area contributed by atoms with Crippen LogP contribution in [-0.2, 0) is 0 Å². The van der Waals surface area contributed by atoms with Crippen molar-refractivity contribution in [1.82, 2.24) is 10.2 Å². The largest absolute Gasteiger partial charge is 0.389 e. The molecule has 0 amide bonds. The minimum absolute atomic E-state index is 0. The van der Waals surface area contributed by atoms with Crippen LogP contribution < -0.4 is 5.32 Å². The van der Waals surface area contributed by atoms with Gasteiger partial charge in [-0.05, 0) is 39.6 Å². The molecule has 6 heteroatoms. The lowest BCUT2D eigenvalue weighted by Crippen LogP contribution is -2.45. The molecule has 0 saturated carbocycles. The molecule has 4 rings (SSSR count). The lowest BCUT2D eigenvalue weighted by atomic mass is 9.89. The van der Waals surface area contributed by atoms with Crippen molar-refractivity contribution < 1.29 is 13.2 Å². The molecule has 1 saturated heterocycles. The Labute approximate surface area is 169 Å². The average molecular weight is 409 g/mol. The summed E-state index contributed by atoms with van der Waals surface area (Å²) in [7, 11) is 0. The van der Waals surface area contributed by atoms with Crippen molar-refractivity contribution in [1.29, 1.82) is 0 Å². The Hall–Kier alpha value is -1.82. The van der Waals surface area contributed by atoms with E-state index in [1.165, 1.54) is 0 Å². The fourth-order valence-corrected chi connectivity index (χ4v) is 4.21. The molecule has 0 aliphatic carbocycles. The number of piperazine rings is 1. The third kappa shape index (κ3) is 4.43. The SMILES string of the molecule is Cl.FC(F)(F)CC[C@@H](c1c2ccccc2cc2ccccc12)N1CCNCC1. The Morgan fingerprint density at radius 2 is 1.43 bits per heavy atom. The highest BCUT2D eigenvalue weighted by Gasteiger charge is 2.32. The maximum Gasteiger partial charge on any atom is 0.389 e. The summed E-state index contributed by atoms with van der Waals surface area (Å²) in [4.78, 5) is 2.22. The van der Waals surface area contributed by atoms with Gasteiger partial charge >= 0.3 is 6.18 Å². The smallest absolute Gasteiger partial charge is 0.314 e. The van der Waals surface area contributed by atoms with Gasteiger partial charge in [0.05, 0.1) is 0 Å². The first-order valence-electron chi connectivity index (χ1n) is 9.45. The molecule has 28 heavy (non-hydrogen) atoms. The Balaban J connectivity index is 0.00000225. The van der Waals surface area contributed by atoms with Crippen molar-refractivity contribution >= 4 is 34.0 Å². The molecule has 0 aromatic heterocycles. The van der Waals surface area contributed by atoms with Crippen molar-refractivity contribution in [2.75, 3.05) is 26.2 Å². The van der Waals surface area contributed by atoms with E-state index in [-0.39, 0.29) is 24.9 Å². The number of nitrogens with zero attached hydrogens (tertiary/aromatic N) is 1. The lowest BCUT2D eigenvalue weighted by molar-refractivity contribution is -0.138. The fourth-order valence-electron chi connectivity index (χ4n) is 4.21. The van der Waals surface area contributed by atoms with Crippen LogP contribution >= 0.6 is 12.4 Å². The number of halogens is 4. The van der Waals surface area contributed by atoms with Crippen LogP contribution in [0.1, 0.15) is 24.4 Å². The van der Waals surface area contributed by atoms with Gasteiger partial charge in [-0.25, -0.2) is 0 Å². The van der Waals surface area contributed by atoms with E-state index in [2.05, 4.69) is 16.3 Å². The summed E-state index contributed by atoms with van der Waals surface area (Å²) in [6.45, 7) is 3.15. The molecule has 0 radical (unpaired) electrons. The summed E-state index contributed by atoms with van der Waals surface area (Å²) in [6, 6.07) is 18.0. The Morgan fingerprint density at radius 3 is 1.96 bits per heavy atom. The number of fused-ring (bicyclic) bond motifs is 2. The predicted octanol–water partition coefficient (Wildman–Crippen LogP) is 5.70. The van der Waals surface area contributed by atoms with Crippen molar-refractivity contribution in [3.63, 3.8) is 0 Å². The second kappa shape index (κ2) is 8.68. The van der Waals surface area contributed by atoms with E-state index >= 15 is 0 Å². The molecule has 2 nitrogen and oxygen atoms in total. The zero-order valence-corrected chi connectivity index (χ0v) is 16.3. The number of nitrogens with one attached hydrogen (secondary N) is 1. The van der Waals surface area contributed by atoms with Crippen LogP contribution in [0.4, 0.5) is 13.2 Å². The molecule has 0 spiro atoms. The standard InChI is InChI=1S/C22H23F3N2.ClH/c23-22(24,25)10-9-20(27-13-11-26-12-14-27)21-18-7-3-1-5-16(18)15-17-6-2-4-8-19(17)21;/h1-8,15,20,26H,9-14H2;1H/t20-;/m0./s1. The first-order chi connectivity index (χ1) is 13.0. The maximum absolute atomic E-state index is 13.1. The number of hydrogen-bond acceptors (Lipinski definition) is 2. The third-order valence-corrected chi connectivity index (χ3v) is 5.44. The van der Waals surface area contributed by atoms with Gasteiger partial charge < -0.3 is 5.32 Å². The van der Waals surface area contributed by atoms with Gasteiger partial charge in [-0.15, -0.1) is 12.4 Å². The quantitative estimate of drug-likeness (QED) is 0.557. The molecule has 1 heterocycles. The van der Waals surface area contributed by atoms with Crippen LogP contribution in [0.25, 0.3) is 21.5 Å². The Kier molecular flexibility index (Phi) is 6.48. The van der Waals surface area contributed by atoms with Crippen LogP contribution in [0.2, 0.25) is 0 Å². The second-order valence-electron chi connectivity index (χ2n) is 7.19. The molecule has 1 atom stereocenters. The topological polar surface area (TPSA) is 15.3 Å². The number of benzene rings is 3. The average Bonchev–Trinajstić information content (AvgIpc) is 2.67. The molecule has 1 aliphatic heterocycles. The molecule has 3 aromatic rings. The highest BCUT2D eigenvalue weighted by atomic mass is 35.5. The van der Waals surface area contributed by atoms with E-state index in [9.17, 15) is 13.2 Å². The van der Waals surface area contributed by atoms with Gasteiger partial charge in [-0.2, -0.15) is 13.2 Å². The molecule has 0 bridgehead atoms. The van der Waals surface area contributed by atoms with Gasteiger partial charge in [-0.1, -0.05) is 48.5 Å².